The van der Waals surface area contributed by atoms with Crippen LogP contribution in [0.4, 0.5) is 0 Å². The molecule has 1 atom stereocenters. The first-order valence-electron chi connectivity index (χ1n) is 7.56. The summed E-state index contributed by atoms with van der Waals surface area (Å²) in [5, 5.41) is 4.41. The van der Waals surface area contributed by atoms with Crippen LogP contribution in [0.2, 0.25) is 0 Å². The fraction of sp³-hybridized carbons (Fsp3) is 0.294. The molecular formula is C17H18N4O. The Bertz CT molecular complexity index is 879. The third-order valence-corrected chi connectivity index (χ3v) is 4.48. The maximum Gasteiger partial charge on any atom is 0.351 e. The minimum Gasteiger partial charge on any atom is -0.280 e. The minimum atomic E-state index is -0.0891. The van der Waals surface area contributed by atoms with E-state index in [1.807, 2.05) is 18.2 Å². The molecule has 1 aromatic carbocycles. The molecule has 0 amide bonds. The van der Waals surface area contributed by atoms with Gasteiger partial charge in [-0.15, -0.1) is 5.10 Å². The van der Waals surface area contributed by atoms with Crippen molar-refractivity contribution in [1.82, 2.24) is 19.1 Å². The Hall–Kier alpha value is -2.40. The summed E-state index contributed by atoms with van der Waals surface area (Å²) in [6.07, 6.45) is 3.95. The summed E-state index contributed by atoms with van der Waals surface area (Å²) in [6, 6.07) is 14.5. The van der Waals surface area contributed by atoms with Crippen LogP contribution in [0.25, 0.3) is 5.65 Å². The number of hydrogen-bond donors (Lipinski definition) is 0. The molecule has 3 aromatic rings. The van der Waals surface area contributed by atoms with Gasteiger partial charge >= 0.3 is 5.69 Å². The summed E-state index contributed by atoms with van der Waals surface area (Å²) < 4.78 is 3.12. The highest BCUT2D eigenvalue weighted by Crippen LogP contribution is 2.34. The van der Waals surface area contributed by atoms with Crippen LogP contribution in [-0.2, 0) is 13.1 Å². The fourth-order valence-electron chi connectivity index (χ4n) is 3.36. The molecule has 1 aliphatic rings. The largest absolute Gasteiger partial charge is 0.351 e. The quantitative estimate of drug-likeness (QED) is 0.742. The molecule has 1 unspecified atom stereocenters. The molecule has 0 fully saturated rings. The van der Waals surface area contributed by atoms with Crippen LogP contribution in [0.5, 0.6) is 0 Å². The zero-order chi connectivity index (χ0) is 15.1. The minimum absolute atomic E-state index is 0.0891. The molecule has 1 aliphatic carbocycles. The molecule has 0 radical (unpaired) electrons. The van der Waals surface area contributed by atoms with Crippen molar-refractivity contribution in [3.05, 3.63) is 70.3 Å². The Morgan fingerprint density at radius 1 is 1.23 bits per heavy atom. The van der Waals surface area contributed by atoms with Gasteiger partial charge in [0.1, 0.15) is 0 Å². The Morgan fingerprint density at radius 3 is 2.91 bits per heavy atom. The Morgan fingerprint density at radius 2 is 2.05 bits per heavy atom. The predicted molar refractivity (Wildman–Crippen MR) is 84.7 cm³/mol. The third kappa shape index (κ3) is 2.05. The smallest absolute Gasteiger partial charge is 0.280 e. The molecule has 2 aromatic heterocycles. The second kappa shape index (κ2) is 5.10. The zero-order valence-electron chi connectivity index (χ0n) is 12.5. The van der Waals surface area contributed by atoms with E-state index < -0.39 is 0 Å². The van der Waals surface area contributed by atoms with Crippen molar-refractivity contribution in [3.8, 4) is 0 Å². The van der Waals surface area contributed by atoms with E-state index in [2.05, 4.69) is 41.3 Å². The molecular weight excluding hydrogens is 276 g/mol. The average Bonchev–Trinajstić information content (AvgIpc) is 3.10. The van der Waals surface area contributed by atoms with Gasteiger partial charge in [-0.05, 0) is 43.1 Å². The highest BCUT2D eigenvalue weighted by molar-refractivity contribution is 5.36. The number of fused-ring (bicyclic) bond motifs is 2. The molecule has 4 rings (SSSR count). The van der Waals surface area contributed by atoms with Crippen molar-refractivity contribution in [3.63, 3.8) is 0 Å². The molecule has 0 aliphatic heterocycles. The molecule has 5 nitrogen and oxygen atoms in total. The van der Waals surface area contributed by atoms with Crippen molar-refractivity contribution in [2.24, 2.45) is 0 Å². The van der Waals surface area contributed by atoms with Crippen LogP contribution in [0.1, 0.15) is 23.6 Å². The Labute approximate surface area is 128 Å². The average molecular weight is 294 g/mol. The molecule has 0 spiro atoms. The summed E-state index contributed by atoms with van der Waals surface area (Å²) in [4.78, 5) is 14.6. The topological polar surface area (TPSA) is 42.5 Å². The van der Waals surface area contributed by atoms with Gasteiger partial charge in [0.15, 0.2) is 5.65 Å². The summed E-state index contributed by atoms with van der Waals surface area (Å²) in [5.74, 6) is 0. The molecule has 0 N–H and O–H groups in total. The number of benzene rings is 1. The van der Waals surface area contributed by atoms with Crippen LogP contribution in [0, 0.1) is 0 Å². The third-order valence-electron chi connectivity index (χ3n) is 4.48. The lowest BCUT2D eigenvalue weighted by atomic mass is 10.1. The van der Waals surface area contributed by atoms with Crippen molar-refractivity contribution in [2.45, 2.75) is 25.6 Å². The lowest BCUT2D eigenvalue weighted by Gasteiger charge is -2.24. The van der Waals surface area contributed by atoms with Gasteiger partial charge in [0, 0.05) is 12.2 Å². The van der Waals surface area contributed by atoms with Crippen molar-refractivity contribution in [1.29, 1.82) is 0 Å². The van der Waals surface area contributed by atoms with Gasteiger partial charge in [-0.1, -0.05) is 30.3 Å². The van der Waals surface area contributed by atoms with E-state index in [4.69, 9.17) is 0 Å². The van der Waals surface area contributed by atoms with E-state index in [1.54, 1.807) is 10.6 Å². The molecule has 5 heteroatoms. The summed E-state index contributed by atoms with van der Waals surface area (Å²) >= 11 is 0. The van der Waals surface area contributed by atoms with E-state index in [-0.39, 0.29) is 5.69 Å². The number of rotatable bonds is 3. The van der Waals surface area contributed by atoms with Gasteiger partial charge in [-0.25, -0.2) is 4.79 Å². The number of hydrogen-bond acceptors (Lipinski definition) is 3. The van der Waals surface area contributed by atoms with Crippen LogP contribution < -0.4 is 5.69 Å². The molecule has 0 bridgehead atoms. The second-order valence-electron chi connectivity index (χ2n) is 5.86. The number of aryl methyl sites for hydroxylation is 1. The maximum atomic E-state index is 12.4. The van der Waals surface area contributed by atoms with E-state index in [1.165, 1.54) is 15.8 Å². The lowest BCUT2D eigenvalue weighted by Crippen LogP contribution is -2.32. The fourth-order valence-corrected chi connectivity index (χ4v) is 3.36. The van der Waals surface area contributed by atoms with Gasteiger partial charge in [0.25, 0.3) is 0 Å². The standard InChI is InChI=1S/C17H18N4O/c1-19(15-10-9-13-6-2-3-7-14(13)15)12-21-17(22)20-11-5-4-8-16(20)18-21/h2-8,11,15H,9-10,12H2,1H3. The molecule has 2 heterocycles. The highest BCUT2D eigenvalue weighted by Gasteiger charge is 2.26. The van der Waals surface area contributed by atoms with Gasteiger partial charge in [-0.3, -0.25) is 9.30 Å². The van der Waals surface area contributed by atoms with E-state index in [9.17, 15) is 4.79 Å². The van der Waals surface area contributed by atoms with E-state index in [0.29, 0.717) is 18.4 Å². The summed E-state index contributed by atoms with van der Waals surface area (Å²) in [6.45, 7) is 0.500. The van der Waals surface area contributed by atoms with E-state index >= 15 is 0 Å². The van der Waals surface area contributed by atoms with Gasteiger partial charge in [0.05, 0.1) is 6.67 Å². The Balaban J connectivity index is 1.63. The maximum absolute atomic E-state index is 12.4. The van der Waals surface area contributed by atoms with Crippen LogP contribution in [-0.4, -0.2) is 26.1 Å². The van der Waals surface area contributed by atoms with Crippen molar-refractivity contribution < 1.29 is 0 Å². The lowest BCUT2D eigenvalue weighted by molar-refractivity contribution is 0.180. The molecule has 0 saturated heterocycles. The molecule has 22 heavy (non-hydrogen) atoms. The van der Waals surface area contributed by atoms with Crippen LogP contribution in [0.15, 0.2) is 53.5 Å². The zero-order valence-corrected chi connectivity index (χ0v) is 12.5. The predicted octanol–water partition coefficient (Wildman–Crippen LogP) is 2.07. The second-order valence-corrected chi connectivity index (χ2v) is 5.86. The summed E-state index contributed by atoms with van der Waals surface area (Å²) in [5.41, 5.74) is 3.39. The SMILES string of the molecule is CN(Cn1nc2ccccn2c1=O)C1CCc2ccccc21. The van der Waals surface area contributed by atoms with Crippen LogP contribution in [0.3, 0.4) is 0 Å². The first-order chi connectivity index (χ1) is 10.7. The number of nitrogens with zero attached hydrogens (tertiary/aromatic N) is 4. The number of pyridine rings is 1. The highest BCUT2D eigenvalue weighted by atomic mass is 16.2. The monoisotopic (exact) mass is 294 g/mol. The van der Waals surface area contributed by atoms with Gasteiger partial charge < -0.3 is 0 Å². The van der Waals surface area contributed by atoms with Gasteiger partial charge in [0.2, 0.25) is 0 Å². The molecule has 0 saturated carbocycles. The molecule has 112 valence electrons. The number of aromatic nitrogens is 3. The normalized spacial score (nSPS) is 17.3. The van der Waals surface area contributed by atoms with Gasteiger partial charge in [-0.2, -0.15) is 4.68 Å². The van der Waals surface area contributed by atoms with Crippen molar-refractivity contribution in [2.75, 3.05) is 7.05 Å². The van der Waals surface area contributed by atoms with Crippen molar-refractivity contribution >= 4 is 5.65 Å². The van der Waals surface area contributed by atoms with E-state index in [0.717, 1.165) is 12.8 Å². The summed E-state index contributed by atoms with van der Waals surface area (Å²) in [7, 11) is 2.06. The first kappa shape index (κ1) is 13.3. The Kier molecular flexibility index (Phi) is 3.08. The first-order valence-corrected chi connectivity index (χ1v) is 7.56. The van der Waals surface area contributed by atoms with Crippen LogP contribution >= 0.6 is 0 Å².